The number of methoxy groups -OCH3 is 1. The van der Waals surface area contributed by atoms with Gasteiger partial charge in [0.15, 0.2) is 0 Å². The maximum atomic E-state index is 11.8. The number of amides is 3. The van der Waals surface area contributed by atoms with Crippen molar-refractivity contribution in [2.45, 2.75) is 25.8 Å². The Morgan fingerprint density at radius 2 is 1.95 bits per heavy atom. The maximum Gasteiger partial charge on any atom is 0.329 e. The number of carbonyl (C=O) groups excluding carboxylic acids is 2. The van der Waals surface area contributed by atoms with Crippen LogP contribution in [0.25, 0.3) is 0 Å². The summed E-state index contributed by atoms with van der Waals surface area (Å²) in [6.07, 6.45) is 0.238. The van der Waals surface area contributed by atoms with Gasteiger partial charge in [-0.1, -0.05) is 6.92 Å². The van der Waals surface area contributed by atoms with Crippen molar-refractivity contribution in [1.82, 2.24) is 15.5 Å². The highest BCUT2D eigenvalue weighted by Gasteiger charge is 2.33. The van der Waals surface area contributed by atoms with E-state index in [4.69, 9.17) is 9.84 Å². The van der Waals surface area contributed by atoms with Crippen molar-refractivity contribution in [3.63, 3.8) is 0 Å². The monoisotopic (exact) mass is 289 g/mol. The van der Waals surface area contributed by atoms with Crippen LogP contribution in [-0.2, 0) is 14.3 Å². The van der Waals surface area contributed by atoms with E-state index in [1.807, 2.05) is 0 Å². The number of carboxylic acids is 1. The van der Waals surface area contributed by atoms with Crippen LogP contribution in [0.5, 0.6) is 0 Å². The standard InChI is InChI=1S/C12H23N3O5/c1-5-12(2,10(17)18)14-11(19)15(3)8-9(16)13-6-7-20-4/h5-8H2,1-4H3,(H,13,16)(H,14,19)(H,17,18). The van der Waals surface area contributed by atoms with Crippen LogP contribution in [-0.4, -0.2) is 67.3 Å². The van der Waals surface area contributed by atoms with Crippen LogP contribution in [0, 0.1) is 0 Å². The lowest BCUT2D eigenvalue weighted by atomic mass is 10.00. The summed E-state index contributed by atoms with van der Waals surface area (Å²) in [5.41, 5.74) is -1.35. The second kappa shape index (κ2) is 8.36. The van der Waals surface area contributed by atoms with E-state index < -0.39 is 17.5 Å². The summed E-state index contributed by atoms with van der Waals surface area (Å²) in [6.45, 7) is 3.65. The van der Waals surface area contributed by atoms with E-state index >= 15 is 0 Å². The quantitative estimate of drug-likeness (QED) is 0.529. The van der Waals surface area contributed by atoms with Gasteiger partial charge in [-0.2, -0.15) is 0 Å². The van der Waals surface area contributed by atoms with Crippen LogP contribution >= 0.6 is 0 Å². The Hall–Kier alpha value is -1.83. The van der Waals surface area contributed by atoms with E-state index in [0.717, 1.165) is 4.90 Å². The molecule has 0 saturated heterocycles. The van der Waals surface area contributed by atoms with Gasteiger partial charge in [0.2, 0.25) is 5.91 Å². The molecule has 0 heterocycles. The van der Waals surface area contributed by atoms with Crippen molar-refractivity contribution >= 4 is 17.9 Å². The van der Waals surface area contributed by atoms with Crippen LogP contribution < -0.4 is 10.6 Å². The van der Waals surface area contributed by atoms with E-state index in [2.05, 4.69) is 10.6 Å². The molecule has 0 bridgehead atoms. The van der Waals surface area contributed by atoms with Gasteiger partial charge in [0, 0.05) is 20.7 Å². The molecule has 0 radical (unpaired) electrons. The molecule has 1 atom stereocenters. The van der Waals surface area contributed by atoms with E-state index in [1.165, 1.54) is 21.1 Å². The molecule has 0 spiro atoms. The summed E-state index contributed by atoms with van der Waals surface area (Å²) in [5.74, 6) is -1.46. The van der Waals surface area contributed by atoms with E-state index in [9.17, 15) is 14.4 Å². The first kappa shape index (κ1) is 18.2. The molecule has 116 valence electrons. The van der Waals surface area contributed by atoms with Crippen LogP contribution in [0.15, 0.2) is 0 Å². The fourth-order valence-electron chi connectivity index (χ4n) is 1.26. The third-order valence-electron chi connectivity index (χ3n) is 2.92. The third kappa shape index (κ3) is 5.87. The summed E-state index contributed by atoms with van der Waals surface area (Å²) < 4.78 is 4.78. The van der Waals surface area contributed by atoms with Crippen molar-refractivity contribution in [2.24, 2.45) is 0 Å². The number of likely N-dealkylation sites (N-methyl/N-ethyl adjacent to an activating group) is 1. The smallest absolute Gasteiger partial charge is 0.329 e. The van der Waals surface area contributed by atoms with Gasteiger partial charge in [-0.3, -0.25) is 4.79 Å². The normalized spacial score (nSPS) is 13.2. The zero-order chi connectivity index (χ0) is 15.8. The fourth-order valence-corrected chi connectivity index (χ4v) is 1.26. The van der Waals surface area contributed by atoms with Crippen molar-refractivity contribution in [2.75, 3.05) is 33.9 Å². The number of hydrogen-bond donors (Lipinski definition) is 3. The minimum absolute atomic E-state index is 0.158. The number of hydrogen-bond acceptors (Lipinski definition) is 4. The highest BCUT2D eigenvalue weighted by molar-refractivity contribution is 5.88. The van der Waals surface area contributed by atoms with Crippen LogP contribution in [0.4, 0.5) is 4.79 Å². The molecule has 0 rings (SSSR count). The van der Waals surface area contributed by atoms with Gasteiger partial charge < -0.3 is 25.4 Å². The Balaban J connectivity index is 4.34. The van der Waals surface area contributed by atoms with Crippen molar-refractivity contribution in [3.8, 4) is 0 Å². The Kier molecular flexibility index (Phi) is 7.60. The summed E-state index contributed by atoms with van der Waals surface area (Å²) in [4.78, 5) is 35.5. The second-order valence-corrected chi connectivity index (χ2v) is 4.62. The molecule has 0 aromatic heterocycles. The zero-order valence-corrected chi connectivity index (χ0v) is 12.4. The molecule has 8 nitrogen and oxygen atoms in total. The number of carboxylic acid groups (broad SMARTS) is 1. The molecule has 0 aromatic carbocycles. The molecule has 8 heteroatoms. The number of ether oxygens (including phenoxy) is 1. The predicted molar refractivity (Wildman–Crippen MR) is 72.4 cm³/mol. The van der Waals surface area contributed by atoms with E-state index in [-0.39, 0.29) is 18.9 Å². The molecular formula is C12H23N3O5. The van der Waals surface area contributed by atoms with Gasteiger partial charge in [-0.05, 0) is 13.3 Å². The van der Waals surface area contributed by atoms with E-state index in [1.54, 1.807) is 6.92 Å². The number of urea groups is 1. The molecule has 0 aliphatic heterocycles. The first-order valence-electron chi connectivity index (χ1n) is 6.29. The van der Waals surface area contributed by atoms with Gasteiger partial charge in [-0.15, -0.1) is 0 Å². The first-order valence-corrected chi connectivity index (χ1v) is 6.29. The lowest BCUT2D eigenvalue weighted by molar-refractivity contribution is -0.143. The zero-order valence-electron chi connectivity index (χ0n) is 12.4. The van der Waals surface area contributed by atoms with Crippen LogP contribution in [0.2, 0.25) is 0 Å². The van der Waals surface area contributed by atoms with E-state index in [0.29, 0.717) is 13.2 Å². The third-order valence-corrected chi connectivity index (χ3v) is 2.92. The molecule has 20 heavy (non-hydrogen) atoms. The molecule has 0 saturated carbocycles. The number of nitrogens with one attached hydrogen (secondary N) is 2. The fraction of sp³-hybridized carbons (Fsp3) is 0.750. The van der Waals surface area contributed by atoms with Crippen LogP contribution in [0.1, 0.15) is 20.3 Å². The van der Waals surface area contributed by atoms with Crippen molar-refractivity contribution in [1.29, 1.82) is 0 Å². The molecule has 1 unspecified atom stereocenters. The topological polar surface area (TPSA) is 108 Å². The lowest BCUT2D eigenvalue weighted by Crippen LogP contribution is -2.56. The molecule has 0 aliphatic carbocycles. The second-order valence-electron chi connectivity index (χ2n) is 4.62. The largest absolute Gasteiger partial charge is 0.480 e. The van der Waals surface area contributed by atoms with Gasteiger partial charge in [0.1, 0.15) is 12.1 Å². The highest BCUT2D eigenvalue weighted by atomic mass is 16.5. The van der Waals surface area contributed by atoms with Gasteiger partial charge >= 0.3 is 12.0 Å². The SMILES string of the molecule is CCC(C)(NC(=O)N(C)CC(=O)NCCOC)C(=O)O. The Morgan fingerprint density at radius 1 is 1.35 bits per heavy atom. The minimum atomic E-state index is -1.35. The lowest BCUT2D eigenvalue weighted by Gasteiger charge is -2.27. The van der Waals surface area contributed by atoms with Crippen LogP contribution in [0.3, 0.4) is 0 Å². The summed E-state index contributed by atoms with van der Waals surface area (Å²) >= 11 is 0. The Bertz CT molecular complexity index is 361. The molecule has 0 fully saturated rings. The number of carbonyl (C=O) groups is 3. The highest BCUT2D eigenvalue weighted by Crippen LogP contribution is 2.09. The van der Waals surface area contributed by atoms with Gasteiger partial charge in [0.05, 0.1) is 6.61 Å². The molecule has 3 N–H and O–H groups in total. The number of nitrogens with zero attached hydrogens (tertiary/aromatic N) is 1. The van der Waals surface area contributed by atoms with Crippen molar-refractivity contribution in [3.05, 3.63) is 0 Å². The number of rotatable bonds is 8. The minimum Gasteiger partial charge on any atom is -0.480 e. The first-order chi connectivity index (χ1) is 9.26. The van der Waals surface area contributed by atoms with Gasteiger partial charge in [0.25, 0.3) is 0 Å². The Labute approximate surface area is 118 Å². The summed E-state index contributed by atoms with van der Waals surface area (Å²) in [6, 6.07) is -0.612. The average molecular weight is 289 g/mol. The summed E-state index contributed by atoms with van der Waals surface area (Å²) in [7, 11) is 2.94. The molecular weight excluding hydrogens is 266 g/mol. The molecule has 0 aliphatic rings. The maximum absolute atomic E-state index is 11.8. The molecule has 3 amide bonds. The predicted octanol–water partition coefficient (Wildman–Crippen LogP) is -0.356. The average Bonchev–Trinajstić information content (AvgIpc) is 2.38. The molecule has 0 aromatic rings. The van der Waals surface area contributed by atoms with Gasteiger partial charge in [-0.25, -0.2) is 9.59 Å². The number of aliphatic carboxylic acids is 1. The Morgan fingerprint density at radius 3 is 2.40 bits per heavy atom. The summed E-state index contributed by atoms with van der Waals surface area (Å²) in [5, 5.41) is 14.0. The van der Waals surface area contributed by atoms with Crippen molar-refractivity contribution < 1.29 is 24.2 Å².